The van der Waals surface area contributed by atoms with E-state index in [4.69, 9.17) is 0 Å². The second kappa shape index (κ2) is 8.44. The number of aromatic nitrogens is 1. The maximum atomic E-state index is 13.7. The minimum Gasteiger partial charge on any atom is -0.371 e. The fraction of sp³-hybridized carbons (Fsp3) is 0.500. The summed E-state index contributed by atoms with van der Waals surface area (Å²) < 4.78 is 0. The maximum Gasteiger partial charge on any atom is 0.248 e. The van der Waals surface area contributed by atoms with Crippen LogP contribution in [0.4, 0.5) is 11.4 Å². The summed E-state index contributed by atoms with van der Waals surface area (Å²) in [6.07, 6.45) is 9.05. The zero-order valence-electron chi connectivity index (χ0n) is 17.7. The summed E-state index contributed by atoms with van der Waals surface area (Å²) in [6, 6.07) is 10.5. The molecule has 4 rings (SSSR count). The summed E-state index contributed by atoms with van der Waals surface area (Å²) in [4.78, 5) is 22.4. The number of carbonyl (C=O) groups excluding carboxylic acids is 1. The van der Waals surface area contributed by atoms with Crippen LogP contribution in [0.15, 0.2) is 42.7 Å². The van der Waals surface area contributed by atoms with Crippen LogP contribution in [0.3, 0.4) is 0 Å². The Hall–Kier alpha value is -2.56. The second-order valence-corrected chi connectivity index (χ2v) is 8.58. The normalized spacial score (nSPS) is 19.1. The molecule has 0 bridgehead atoms. The maximum absolute atomic E-state index is 13.7. The SMILES string of the molecule is Cc1ccc(NC2(C(=O)N3CCN(c4ccncc4C)CC3)CCCCC2)cc1. The number of pyridine rings is 1. The third-order valence-electron chi connectivity index (χ3n) is 6.45. The molecular formula is C24H32N4O. The number of amides is 1. The number of nitrogens with zero attached hydrogens (tertiary/aromatic N) is 3. The molecule has 1 aliphatic heterocycles. The molecule has 2 heterocycles. The Morgan fingerprint density at radius 1 is 0.966 bits per heavy atom. The fourth-order valence-electron chi connectivity index (χ4n) is 4.73. The lowest BCUT2D eigenvalue weighted by atomic mass is 9.80. The van der Waals surface area contributed by atoms with E-state index in [9.17, 15) is 4.79 Å². The molecule has 1 aromatic heterocycles. The fourth-order valence-corrected chi connectivity index (χ4v) is 4.73. The molecule has 2 aliphatic rings. The molecule has 29 heavy (non-hydrogen) atoms. The summed E-state index contributed by atoms with van der Waals surface area (Å²) in [5, 5.41) is 3.66. The quantitative estimate of drug-likeness (QED) is 0.849. The molecule has 1 aromatic carbocycles. The number of benzene rings is 1. The monoisotopic (exact) mass is 392 g/mol. The van der Waals surface area contributed by atoms with Crippen molar-refractivity contribution >= 4 is 17.3 Å². The van der Waals surface area contributed by atoms with Crippen LogP contribution in [0.25, 0.3) is 0 Å². The number of hydrogen-bond acceptors (Lipinski definition) is 4. The van der Waals surface area contributed by atoms with Crippen LogP contribution in [0, 0.1) is 13.8 Å². The summed E-state index contributed by atoms with van der Waals surface area (Å²) in [6.45, 7) is 7.49. The number of carbonyl (C=O) groups is 1. The molecule has 1 N–H and O–H groups in total. The van der Waals surface area contributed by atoms with Crippen molar-refractivity contribution in [2.75, 3.05) is 36.4 Å². The molecule has 0 unspecified atom stereocenters. The summed E-state index contributed by atoms with van der Waals surface area (Å²) in [7, 11) is 0. The van der Waals surface area contributed by atoms with Gasteiger partial charge < -0.3 is 15.1 Å². The van der Waals surface area contributed by atoms with Crippen molar-refractivity contribution in [3.63, 3.8) is 0 Å². The molecule has 0 spiro atoms. The Kier molecular flexibility index (Phi) is 5.74. The standard InChI is InChI=1S/C24H32N4O/c1-19-6-8-21(9-7-19)26-24(11-4-3-5-12-24)23(29)28-16-14-27(15-17-28)22-10-13-25-18-20(22)2/h6-10,13,18,26H,3-5,11-12,14-17H2,1-2H3. The zero-order valence-corrected chi connectivity index (χ0v) is 17.7. The average Bonchev–Trinajstić information content (AvgIpc) is 2.76. The van der Waals surface area contributed by atoms with Gasteiger partial charge in [0.2, 0.25) is 5.91 Å². The van der Waals surface area contributed by atoms with Gasteiger partial charge in [0.1, 0.15) is 5.54 Å². The van der Waals surface area contributed by atoms with Crippen molar-refractivity contribution in [2.24, 2.45) is 0 Å². The first kappa shape index (κ1) is 19.7. The number of nitrogens with one attached hydrogen (secondary N) is 1. The molecule has 1 saturated carbocycles. The topological polar surface area (TPSA) is 48.5 Å². The molecule has 154 valence electrons. The lowest BCUT2D eigenvalue weighted by Gasteiger charge is -2.44. The Bertz CT molecular complexity index is 834. The van der Waals surface area contributed by atoms with Crippen molar-refractivity contribution in [3.05, 3.63) is 53.9 Å². The Morgan fingerprint density at radius 2 is 1.66 bits per heavy atom. The molecule has 0 atom stereocenters. The van der Waals surface area contributed by atoms with Gasteiger partial charge in [0.05, 0.1) is 0 Å². The molecule has 1 saturated heterocycles. The highest BCUT2D eigenvalue weighted by molar-refractivity contribution is 5.90. The molecule has 1 aliphatic carbocycles. The third kappa shape index (κ3) is 4.24. The molecule has 5 heteroatoms. The molecular weight excluding hydrogens is 360 g/mol. The van der Waals surface area contributed by atoms with Crippen LogP contribution in [0.5, 0.6) is 0 Å². The number of hydrogen-bond donors (Lipinski definition) is 1. The molecule has 2 aromatic rings. The van der Waals surface area contributed by atoms with Crippen molar-refractivity contribution in [1.29, 1.82) is 0 Å². The van der Waals surface area contributed by atoms with Crippen molar-refractivity contribution in [1.82, 2.24) is 9.88 Å². The van der Waals surface area contributed by atoms with E-state index >= 15 is 0 Å². The van der Waals surface area contributed by atoms with Gasteiger partial charge in [0, 0.05) is 49.9 Å². The Labute approximate surface area is 174 Å². The summed E-state index contributed by atoms with van der Waals surface area (Å²) in [5.74, 6) is 0.281. The van der Waals surface area contributed by atoms with Gasteiger partial charge in [-0.1, -0.05) is 37.0 Å². The third-order valence-corrected chi connectivity index (χ3v) is 6.45. The Balaban J connectivity index is 1.47. The highest BCUT2D eigenvalue weighted by atomic mass is 16.2. The minimum atomic E-state index is -0.456. The number of aryl methyl sites for hydroxylation is 2. The van der Waals surface area contributed by atoms with E-state index < -0.39 is 5.54 Å². The first-order chi connectivity index (χ1) is 14.1. The number of piperazine rings is 1. The van der Waals surface area contributed by atoms with Gasteiger partial charge in [-0.25, -0.2) is 0 Å². The predicted octanol–water partition coefficient (Wildman–Crippen LogP) is 4.16. The van der Waals surface area contributed by atoms with E-state index in [2.05, 4.69) is 64.3 Å². The highest BCUT2D eigenvalue weighted by Crippen LogP contribution is 2.34. The van der Waals surface area contributed by atoms with Gasteiger partial charge in [-0.15, -0.1) is 0 Å². The Morgan fingerprint density at radius 3 is 2.31 bits per heavy atom. The minimum absolute atomic E-state index is 0.281. The van der Waals surface area contributed by atoms with Crippen LogP contribution in [-0.4, -0.2) is 47.5 Å². The number of rotatable bonds is 4. The number of anilines is 2. The lowest BCUT2D eigenvalue weighted by molar-refractivity contribution is -0.137. The smallest absolute Gasteiger partial charge is 0.248 e. The van der Waals surface area contributed by atoms with Crippen LogP contribution in [0.1, 0.15) is 43.2 Å². The van der Waals surface area contributed by atoms with Gasteiger partial charge in [0.15, 0.2) is 0 Å². The van der Waals surface area contributed by atoms with Crippen LogP contribution in [-0.2, 0) is 4.79 Å². The van der Waals surface area contributed by atoms with Gasteiger partial charge in [-0.05, 0) is 50.5 Å². The zero-order chi connectivity index (χ0) is 20.3. The molecule has 0 radical (unpaired) electrons. The van der Waals surface area contributed by atoms with Gasteiger partial charge in [0.25, 0.3) is 0 Å². The molecule has 2 fully saturated rings. The molecule has 1 amide bonds. The van der Waals surface area contributed by atoms with Crippen molar-refractivity contribution in [3.8, 4) is 0 Å². The van der Waals surface area contributed by atoms with Gasteiger partial charge in [-0.3, -0.25) is 9.78 Å². The van der Waals surface area contributed by atoms with E-state index in [1.807, 2.05) is 12.4 Å². The second-order valence-electron chi connectivity index (χ2n) is 8.58. The van der Waals surface area contributed by atoms with Crippen LogP contribution in [0.2, 0.25) is 0 Å². The first-order valence-corrected chi connectivity index (χ1v) is 10.9. The largest absolute Gasteiger partial charge is 0.371 e. The van der Waals surface area contributed by atoms with Crippen molar-refractivity contribution < 1.29 is 4.79 Å². The highest BCUT2D eigenvalue weighted by Gasteiger charge is 2.42. The van der Waals surface area contributed by atoms with Crippen molar-refractivity contribution in [2.45, 2.75) is 51.5 Å². The predicted molar refractivity (Wildman–Crippen MR) is 118 cm³/mol. The van der Waals surface area contributed by atoms with E-state index in [0.717, 1.165) is 57.5 Å². The van der Waals surface area contributed by atoms with E-state index in [0.29, 0.717) is 0 Å². The summed E-state index contributed by atoms with van der Waals surface area (Å²) in [5.41, 5.74) is 4.26. The molecule has 5 nitrogen and oxygen atoms in total. The van der Waals surface area contributed by atoms with Gasteiger partial charge in [-0.2, -0.15) is 0 Å². The first-order valence-electron chi connectivity index (χ1n) is 10.9. The summed E-state index contributed by atoms with van der Waals surface area (Å²) >= 11 is 0. The van der Waals surface area contributed by atoms with E-state index in [1.165, 1.54) is 23.2 Å². The van der Waals surface area contributed by atoms with Crippen LogP contribution < -0.4 is 10.2 Å². The lowest BCUT2D eigenvalue weighted by Crippen LogP contribution is -2.59. The average molecular weight is 393 g/mol. The van der Waals surface area contributed by atoms with Crippen LogP contribution >= 0.6 is 0 Å². The van der Waals surface area contributed by atoms with Gasteiger partial charge >= 0.3 is 0 Å². The van der Waals surface area contributed by atoms with E-state index in [1.54, 1.807) is 0 Å². The van der Waals surface area contributed by atoms with E-state index in [-0.39, 0.29) is 5.91 Å².